The second-order valence-electron chi connectivity index (χ2n) is 7.46. The average Bonchev–Trinajstić information content (AvgIpc) is 3.04. The number of nitrogens with zero attached hydrogens (tertiary/aromatic N) is 1. The van der Waals surface area contributed by atoms with Crippen LogP contribution >= 0.6 is 23.4 Å². The molecule has 0 aliphatic carbocycles. The molecule has 0 saturated heterocycles. The highest BCUT2D eigenvalue weighted by molar-refractivity contribution is 7.99. The fourth-order valence-electron chi connectivity index (χ4n) is 3.79. The molecule has 5 rings (SSSR count). The molecule has 0 saturated carbocycles. The highest BCUT2D eigenvalue weighted by Crippen LogP contribution is 2.37. The summed E-state index contributed by atoms with van der Waals surface area (Å²) >= 11 is 7.92. The summed E-state index contributed by atoms with van der Waals surface area (Å²) in [5, 5.41) is 6.79. The fraction of sp³-hybridized carbons (Fsp3) is 0.130. The van der Waals surface area contributed by atoms with Crippen molar-refractivity contribution in [3.8, 4) is 0 Å². The second-order valence-corrected chi connectivity index (χ2v) is 10.6. The number of hydrogen-bond donors (Lipinski definition) is 2. The monoisotopic (exact) mass is 483 g/mol. The van der Waals surface area contributed by atoms with Crippen molar-refractivity contribution in [3.05, 3.63) is 88.4 Å². The first-order valence-corrected chi connectivity index (χ1v) is 12.8. The standard InChI is InChI=1S/C23H18ClN3O3S2/c24-15-7-10-20-18(13-15)19(11-12-31-20)26-23(28)14-5-8-16(9-6-14)25-22-17-3-1-2-4-21(17)32(29,30)27-22/h1-10,13,19H,11-12H2,(H,25,27)(H,26,28). The molecular formula is C23H18ClN3O3S2. The highest BCUT2D eigenvalue weighted by Gasteiger charge is 2.28. The number of thioether (sulfide) groups is 1. The van der Waals surface area contributed by atoms with Crippen LogP contribution in [0.5, 0.6) is 0 Å². The van der Waals surface area contributed by atoms with Gasteiger partial charge in [-0.25, -0.2) is 0 Å². The van der Waals surface area contributed by atoms with E-state index in [1.54, 1.807) is 54.2 Å². The normalized spacial score (nSPS) is 18.3. The minimum Gasteiger partial charge on any atom is -0.345 e. The van der Waals surface area contributed by atoms with Crippen LogP contribution in [0.3, 0.4) is 0 Å². The largest absolute Gasteiger partial charge is 0.345 e. The van der Waals surface area contributed by atoms with E-state index in [1.807, 2.05) is 18.2 Å². The summed E-state index contributed by atoms with van der Waals surface area (Å²) in [4.78, 5) is 14.2. The van der Waals surface area contributed by atoms with Gasteiger partial charge < -0.3 is 10.6 Å². The van der Waals surface area contributed by atoms with Crippen LogP contribution in [0, 0.1) is 0 Å². The van der Waals surface area contributed by atoms with Crippen LogP contribution < -0.4 is 10.6 Å². The van der Waals surface area contributed by atoms with Crippen molar-refractivity contribution in [2.45, 2.75) is 22.3 Å². The number of benzene rings is 3. The van der Waals surface area contributed by atoms with Crippen LogP contribution in [-0.4, -0.2) is 25.9 Å². The molecule has 162 valence electrons. The van der Waals surface area contributed by atoms with Crippen molar-refractivity contribution in [1.82, 2.24) is 5.32 Å². The molecule has 2 heterocycles. The van der Waals surface area contributed by atoms with Crippen LogP contribution in [0.15, 0.2) is 80.9 Å². The summed E-state index contributed by atoms with van der Waals surface area (Å²) in [6.07, 6.45) is 0.830. The van der Waals surface area contributed by atoms with Crippen molar-refractivity contribution in [2.75, 3.05) is 11.1 Å². The van der Waals surface area contributed by atoms with Gasteiger partial charge in [-0.05, 0) is 66.6 Å². The molecule has 1 amide bonds. The number of rotatable bonds is 3. The van der Waals surface area contributed by atoms with Crippen molar-refractivity contribution < 1.29 is 13.2 Å². The van der Waals surface area contributed by atoms with Crippen LogP contribution in [0.1, 0.15) is 33.9 Å². The van der Waals surface area contributed by atoms with Gasteiger partial charge in [0, 0.05) is 32.5 Å². The highest BCUT2D eigenvalue weighted by atomic mass is 35.5. The average molecular weight is 484 g/mol. The number of nitrogens with one attached hydrogen (secondary N) is 2. The van der Waals surface area contributed by atoms with E-state index in [-0.39, 0.29) is 22.7 Å². The molecule has 0 fully saturated rings. The fourth-order valence-corrected chi connectivity index (χ4v) is 6.26. The maximum Gasteiger partial charge on any atom is 0.285 e. The molecule has 3 aromatic rings. The number of fused-ring (bicyclic) bond motifs is 2. The lowest BCUT2D eigenvalue weighted by Gasteiger charge is -2.26. The maximum absolute atomic E-state index is 12.8. The number of anilines is 1. The van der Waals surface area contributed by atoms with E-state index in [0.29, 0.717) is 21.8 Å². The van der Waals surface area contributed by atoms with Gasteiger partial charge in [-0.1, -0.05) is 23.7 Å². The smallest absolute Gasteiger partial charge is 0.285 e. The topological polar surface area (TPSA) is 87.6 Å². The molecular weight excluding hydrogens is 466 g/mol. The Morgan fingerprint density at radius 2 is 1.84 bits per heavy atom. The zero-order chi connectivity index (χ0) is 22.3. The summed E-state index contributed by atoms with van der Waals surface area (Å²) < 4.78 is 28.2. The Kier molecular flexibility index (Phi) is 5.44. The third kappa shape index (κ3) is 4.01. The van der Waals surface area contributed by atoms with E-state index in [9.17, 15) is 13.2 Å². The Balaban J connectivity index is 1.31. The molecule has 0 bridgehead atoms. The Labute approximate surface area is 195 Å². The van der Waals surface area contributed by atoms with Gasteiger partial charge >= 0.3 is 0 Å². The molecule has 2 aliphatic rings. The molecule has 0 aromatic heterocycles. The number of sulfonamides is 1. The van der Waals surface area contributed by atoms with Crippen LogP contribution in [0.25, 0.3) is 0 Å². The minimum atomic E-state index is -3.69. The maximum atomic E-state index is 12.8. The molecule has 0 radical (unpaired) electrons. The van der Waals surface area contributed by atoms with E-state index < -0.39 is 10.0 Å². The first-order chi connectivity index (χ1) is 15.4. The molecule has 0 spiro atoms. The van der Waals surface area contributed by atoms with E-state index in [2.05, 4.69) is 15.0 Å². The van der Waals surface area contributed by atoms with Gasteiger partial charge in [-0.3, -0.25) is 4.79 Å². The van der Waals surface area contributed by atoms with Gasteiger partial charge in [-0.2, -0.15) is 8.42 Å². The van der Waals surface area contributed by atoms with Crippen molar-refractivity contribution in [2.24, 2.45) is 4.40 Å². The van der Waals surface area contributed by atoms with Gasteiger partial charge in [0.25, 0.3) is 15.9 Å². The number of halogens is 1. The van der Waals surface area contributed by atoms with Crippen molar-refractivity contribution in [3.63, 3.8) is 0 Å². The Morgan fingerprint density at radius 3 is 2.66 bits per heavy atom. The lowest BCUT2D eigenvalue weighted by Crippen LogP contribution is -2.30. The number of amidine groups is 1. The van der Waals surface area contributed by atoms with Gasteiger partial charge in [0.15, 0.2) is 5.84 Å². The third-order valence-electron chi connectivity index (χ3n) is 5.36. The molecule has 1 atom stereocenters. The summed E-state index contributed by atoms with van der Waals surface area (Å²) in [6, 6.07) is 19.2. The van der Waals surface area contributed by atoms with E-state index in [4.69, 9.17) is 11.6 Å². The van der Waals surface area contributed by atoms with Gasteiger partial charge in [0.2, 0.25) is 0 Å². The minimum absolute atomic E-state index is 0.0928. The Bertz CT molecular complexity index is 1360. The van der Waals surface area contributed by atoms with Crippen LogP contribution in [0.2, 0.25) is 5.02 Å². The SMILES string of the molecule is O=C(NC1CCSc2ccc(Cl)cc21)c1ccc(NC2=NS(=O)(=O)c3ccccc32)cc1. The van der Waals surface area contributed by atoms with E-state index in [1.165, 1.54) is 6.07 Å². The van der Waals surface area contributed by atoms with E-state index in [0.717, 1.165) is 22.6 Å². The summed E-state index contributed by atoms with van der Waals surface area (Å²) in [5.41, 5.74) is 2.72. The molecule has 32 heavy (non-hydrogen) atoms. The molecule has 2 aliphatic heterocycles. The Morgan fingerprint density at radius 1 is 1.06 bits per heavy atom. The van der Waals surface area contributed by atoms with Crippen LogP contribution in [-0.2, 0) is 10.0 Å². The van der Waals surface area contributed by atoms with Crippen molar-refractivity contribution >= 4 is 50.8 Å². The summed E-state index contributed by atoms with van der Waals surface area (Å²) in [7, 11) is -3.69. The van der Waals surface area contributed by atoms with E-state index >= 15 is 0 Å². The second kappa shape index (κ2) is 8.27. The molecule has 9 heteroatoms. The number of amides is 1. The summed E-state index contributed by atoms with van der Waals surface area (Å²) in [5.74, 6) is 1.02. The van der Waals surface area contributed by atoms with Crippen molar-refractivity contribution in [1.29, 1.82) is 0 Å². The van der Waals surface area contributed by atoms with Gasteiger partial charge in [-0.15, -0.1) is 16.2 Å². The lowest BCUT2D eigenvalue weighted by molar-refractivity contribution is 0.0935. The van der Waals surface area contributed by atoms with Crippen LogP contribution in [0.4, 0.5) is 5.69 Å². The number of hydrogen-bond acceptors (Lipinski definition) is 5. The van der Waals surface area contributed by atoms with Gasteiger partial charge in [0.05, 0.1) is 6.04 Å². The summed E-state index contributed by atoms with van der Waals surface area (Å²) in [6.45, 7) is 0. The van der Waals surface area contributed by atoms with Gasteiger partial charge in [0.1, 0.15) is 4.90 Å². The molecule has 3 aromatic carbocycles. The Hall–Kier alpha value is -2.81. The molecule has 2 N–H and O–H groups in total. The third-order valence-corrected chi connectivity index (χ3v) is 8.05. The lowest BCUT2D eigenvalue weighted by atomic mass is 10.0. The first-order valence-electron chi connectivity index (χ1n) is 9.95. The zero-order valence-corrected chi connectivity index (χ0v) is 19.1. The number of carbonyl (C=O) groups excluding carboxylic acids is 1. The predicted molar refractivity (Wildman–Crippen MR) is 127 cm³/mol. The molecule has 1 unspecified atom stereocenters. The number of carbonyl (C=O) groups is 1. The predicted octanol–water partition coefficient (Wildman–Crippen LogP) is 4.87. The molecule has 6 nitrogen and oxygen atoms in total. The quantitative estimate of drug-likeness (QED) is 0.555. The zero-order valence-electron chi connectivity index (χ0n) is 16.7. The first kappa shape index (κ1) is 21.1.